The fourth-order valence-electron chi connectivity index (χ4n) is 4.75. The Bertz CT molecular complexity index is 1130. The molecule has 1 amide bonds. The third-order valence-corrected chi connectivity index (χ3v) is 6.62. The van der Waals surface area contributed by atoms with Gasteiger partial charge >= 0.3 is 6.18 Å². The van der Waals surface area contributed by atoms with Gasteiger partial charge in [-0.1, -0.05) is 24.6 Å². The van der Waals surface area contributed by atoms with E-state index in [1.54, 1.807) is 12.4 Å². The molecule has 1 saturated heterocycles. The predicted molar refractivity (Wildman–Crippen MR) is 125 cm³/mol. The number of aryl methyl sites for hydroxylation is 2. The first kappa shape index (κ1) is 23.9. The van der Waals surface area contributed by atoms with Crippen molar-refractivity contribution in [2.45, 2.75) is 51.7 Å². The molecule has 1 aromatic carbocycles. The van der Waals surface area contributed by atoms with Crippen molar-refractivity contribution in [3.63, 3.8) is 0 Å². The summed E-state index contributed by atoms with van der Waals surface area (Å²) in [5.41, 5.74) is 3.34. The Kier molecular flexibility index (Phi) is 7.00. The molecule has 0 unspecified atom stereocenters. The molecule has 1 aliphatic heterocycles. The predicted octanol–water partition coefficient (Wildman–Crippen LogP) is 6.34. The van der Waals surface area contributed by atoms with Crippen molar-refractivity contribution in [2.75, 3.05) is 6.54 Å². The van der Waals surface area contributed by atoms with Gasteiger partial charge in [0.05, 0.1) is 5.56 Å². The van der Waals surface area contributed by atoms with E-state index in [0.717, 1.165) is 41.8 Å². The lowest BCUT2D eigenvalue weighted by Crippen LogP contribution is -2.48. The smallest absolute Gasteiger partial charge is 0.335 e. The fourth-order valence-corrected chi connectivity index (χ4v) is 4.75. The van der Waals surface area contributed by atoms with Gasteiger partial charge in [-0.15, -0.1) is 0 Å². The number of alkyl halides is 3. The Morgan fingerprint density at radius 1 is 1.12 bits per heavy atom. The summed E-state index contributed by atoms with van der Waals surface area (Å²) < 4.78 is 38.5. The molecule has 3 heterocycles. The molecule has 1 fully saturated rings. The Morgan fingerprint density at radius 2 is 1.88 bits per heavy atom. The topological polar surface area (TPSA) is 46.1 Å². The van der Waals surface area contributed by atoms with Gasteiger partial charge in [0.2, 0.25) is 0 Å². The average molecular weight is 468 g/mol. The van der Waals surface area contributed by atoms with Crippen LogP contribution < -0.4 is 0 Å². The largest absolute Gasteiger partial charge is 0.417 e. The zero-order chi connectivity index (χ0) is 24.3. The Labute approximate surface area is 197 Å². The number of carbonyl (C=O) groups excluding carboxylic acids is 1. The summed E-state index contributed by atoms with van der Waals surface area (Å²) in [4.78, 5) is 23.9. The second kappa shape index (κ2) is 9.95. The van der Waals surface area contributed by atoms with Crippen molar-refractivity contribution in [1.82, 2.24) is 14.9 Å². The molecule has 2 atom stereocenters. The zero-order valence-electron chi connectivity index (χ0n) is 19.3. The molecule has 2 aromatic heterocycles. The molecule has 4 nitrogen and oxygen atoms in total. The maximum atomic E-state index is 13.8. The number of benzene rings is 1. The van der Waals surface area contributed by atoms with Gasteiger partial charge in [-0.25, -0.2) is 0 Å². The summed E-state index contributed by atoms with van der Waals surface area (Å²) in [5, 5.41) is 0. The van der Waals surface area contributed by atoms with Gasteiger partial charge in [0.25, 0.3) is 5.91 Å². The van der Waals surface area contributed by atoms with Crippen LogP contribution in [0.2, 0.25) is 0 Å². The summed E-state index contributed by atoms with van der Waals surface area (Å²) in [7, 11) is 0. The summed E-state index contributed by atoms with van der Waals surface area (Å²) in [5.74, 6) is 0.286. The van der Waals surface area contributed by atoms with Crippen LogP contribution in [0.15, 0.2) is 61.1 Å². The second-order valence-corrected chi connectivity index (χ2v) is 9.04. The van der Waals surface area contributed by atoms with E-state index in [1.807, 2.05) is 42.2 Å². The maximum Gasteiger partial charge on any atom is 0.417 e. The van der Waals surface area contributed by atoms with E-state index < -0.39 is 11.7 Å². The van der Waals surface area contributed by atoms with E-state index in [9.17, 15) is 18.0 Å². The summed E-state index contributed by atoms with van der Waals surface area (Å²) in [6, 6.07) is 12.2. The zero-order valence-corrected chi connectivity index (χ0v) is 19.3. The summed E-state index contributed by atoms with van der Waals surface area (Å²) >= 11 is 0. The van der Waals surface area contributed by atoms with Gasteiger partial charge in [0.1, 0.15) is 0 Å². The van der Waals surface area contributed by atoms with Crippen molar-refractivity contribution >= 4 is 5.91 Å². The highest BCUT2D eigenvalue weighted by atomic mass is 19.4. The normalized spacial score (nSPS) is 18.7. The third kappa shape index (κ3) is 5.29. The van der Waals surface area contributed by atoms with Crippen LogP contribution in [0.1, 0.15) is 53.4 Å². The number of amides is 1. The van der Waals surface area contributed by atoms with Crippen LogP contribution in [0.5, 0.6) is 0 Å². The number of pyridine rings is 2. The third-order valence-electron chi connectivity index (χ3n) is 6.62. The molecule has 0 aliphatic carbocycles. The lowest BCUT2D eigenvalue weighted by Gasteiger charge is -2.40. The van der Waals surface area contributed by atoms with Gasteiger partial charge in [-0.05, 0) is 80.0 Å². The Hall–Kier alpha value is -3.22. The minimum absolute atomic E-state index is 0.00357. The van der Waals surface area contributed by atoms with E-state index in [0.29, 0.717) is 36.6 Å². The van der Waals surface area contributed by atoms with Gasteiger partial charge in [0.15, 0.2) is 0 Å². The highest BCUT2D eigenvalue weighted by Crippen LogP contribution is 2.32. The van der Waals surface area contributed by atoms with E-state index in [4.69, 9.17) is 0 Å². The first-order valence-corrected chi connectivity index (χ1v) is 11.6. The highest BCUT2D eigenvalue weighted by molar-refractivity contribution is 6.01. The molecule has 7 heteroatoms. The lowest BCUT2D eigenvalue weighted by molar-refractivity contribution is -0.137. The van der Waals surface area contributed by atoms with Gasteiger partial charge < -0.3 is 4.90 Å². The van der Waals surface area contributed by atoms with Crippen LogP contribution in [-0.2, 0) is 12.6 Å². The number of hydrogen-bond acceptors (Lipinski definition) is 3. The molecular formula is C27H28F3N3O. The van der Waals surface area contributed by atoms with E-state index >= 15 is 0 Å². The quantitative estimate of drug-likeness (QED) is 0.440. The number of likely N-dealkylation sites (tertiary alicyclic amines) is 1. The minimum Gasteiger partial charge on any atom is -0.335 e. The molecule has 4 rings (SSSR count). The molecule has 34 heavy (non-hydrogen) atoms. The van der Waals surface area contributed by atoms with Crippen molar-refractivity contribution in [3.8, 4) is 11.1 Å². The number of hydrogen-bond donors (Lipinski definition) is 0. The first-order valence-electron chi connectivity index (χ1n) is 11.6. The van der Waals surface area contributed by atoms with Crippen LogP contribution in [-0.4, -0.2) is 33.4 Å². The molecule has 0 bridgehead atoms. The monoisotopic (exact) mass is 467 g/mol. The van der Waals surface area contributed by atoms with Crippen LogP contribution in [0, 0.1) is 12.8 Å². The molecule has 0 radical (unpaired) electrons. The Balaban J connectivity index is 1.57. The molecule has 178 valence electrons. The number of piperidine rings is 1. The maximum absolute atomic E-state index is 13.8. The average Bonchev–Trinajstić information content (AvgIpc) is 2.83. The molecular weight excluding hydrogens is 439 g/mol. The van der Waals surface area contributed by atoms with Crippen molar-refractivity contribution in [3.05, 3.63) is 83.4 Å². The Morgan fingerprint density at radius 3 is 2.56 bits per heavy atom. The number of rotatable bonds is 5. The molecule has 1 aliphatic rings. The van der Waals surface area contributed by atoms with Crippen molar-refractivity contribution < 1.29 is 18.0 Å². The van der Waals surface area contributed by atoms with Crippen molar-refractivity contribution in [2.24, 2.45) is 5.92 Å². The number of nitrogens with zero attached hydrogens (tertiary/aromatic N) is 3. The SMILES string of the molecule is Cc1ccc(-c2ccncc2)c(C(=O)N2CCC[C@@H](C)[C@H]2CCc2ccc(C(F)(F)F)cn2)c1. The van der Waals surface area contributed by atoms with Crippen LogP contribution in [0.25, 0.3) is 11.1 Å². The van der Waals surface area contributed by atoms with E-state index in [-0.39, 0.29) is 11.9 Å². The van der Waals surface area contributed by atoms with Crippen LogP contribution >= 0.6 is 0 Å². The first-order chi connectivity index (χ1) is 16.2. The second-order valence-electron chi connectivity index (χ2n) is 9.04. The van der Waals surface area contributed by atoms with E-state index in [2.05, 4.69) is 16.9 Å². The number of halogens is 3. The summed E-state index contributed by atoms with van der Waals surface area (Å²) in [6.45, 7) is 4.78. The minimum atomic E-state index is -4.40. The van der Waals surface area contributed by atoms with Gasteiger partial charge in [-0.2, -0.15) is 13.2 Å². The molecule has 0 N–H and O–H groups in total. The fraction of sp³-hybridized carbons (Fsp3) is 0.370. The van der Waals surface area contributed by atoms with Gasteiger partial charge in [0, 0.05) is 42.4 Å². The summed E-state index contributed by atoms with van der Waals surface area (Å²) in [6.07, 6.45) is 3.03. The van der Waals surface area contributed by atoms with Gasteiger partial charge in [-0.3, -0.25) is 14.8 Å². The number of aromatic nitrogens is 2. The molecule has 0 spiro atoms. The van der Waals surface area contributed by atoms with E-state index in [1.165, 1.54) is 6.07 Å². The van der Waals surface area contributed by atoms with Crippen molar-refractivity contribution in [1.29, 1.82) is 0 Å². The lowest BCUT2D eigenvalue weighted by atomic mass is 9.86. The highest BCUT2D eigenvalue weighted by Gasteiger charge is 2.34. The number of carbonyl (C=O) groups is 1. The molecule has 0 saturated carbocycles. The molecule has 3 aromatic rings. The van der Waals surface area contributed by atoms with Crippen LogP contribution in [0.3, 0.4) is 0 Å². The standard InChI is InChI=1S/C27H28F3N3O/c1-18-5-9-23(20-11-13-31-14-12-20)24(16-18)26(34)33-15-3-4-19(2)25(33)10-8-22-7-6-21(17-32-22)27(28,29)30/h5-7,9,11-14,16-17,19,25H,3-4,8,10,15H2,1-2H3/t19-,25-/m1/s1. The van der Waals surface area contributed by atoms with Crippen LogP contribution in [0.4, 0.5) is 13.2 Å².